The smallest absolute Gasteiger partial charge is 0.265 e. The highest BCUT2D eigenvalue weighted by molar-refractivity contribution is 7.93. The summed E-state index contributed by atoms with van der Waals surface area (Å²) in [4.78, 5) is 14.7. The summed E-state index contributed by atoms with van der Waals surface area (Å²) in [6.45, 7) is 3.41. The maximum absolute atomic E-state index is 13.5. The largest absolute Gasteiger partial charge is 0.481 e. The van der Waals surface area contributed by atoms with Crippen molar-refractivity contribution in [1.29, 1.82) is 0 Å². The number of nitrogens with one attached hydrogen (secondary N) is 1. The van der Waals surface area contributed by atoms with Crippen LogP contribution in [-0.2, 0) is 21.2 Å². The zero-order valence-electron chi connectivity index (χ0n) is 17.8. The summed E-state index contributed by atoms with van der Waals surface area (Å²) in [5.74, 6) is 5.07. The van der Waals surface area contributed by atoms with Crippen LogP contribution in [0.3, 0.4) is 0 Å². The summed E-state index contributed by atoms with van der Waals surface area (Å²) in [5.41, 5.74) is 2.70. The number of carbonyl (C=O) groups is 1. The van der Waals surface area contributed by atoms with Gasteiger partial charge in [0, 0.05) is 19.6 Å². The van der Waals surface area contributed by atoms with E-state index >= 15 is 0 Å². The Morgan fingerprint density at radius 3 is 2.31 bits per heavy atom. The Kier molecular flexibility index (Phi) is 9.10. The predicted octanol–water partition coefficient (Wildman–Crippen LogP) is 2.82. The summed E-state index contributed by atoms with van der Waals surface area (Å²) < 4.78 is 30.7. The molecule has 0 aliphatic carbocycles. The van der Waals surface area contributed by atoms with E-state index in [2.05, 4.69) is 16.7 Å². The van der Waals surface area contributed by atoms with Crippen molar-refractivity contribution in [2.75, 3.05) is 19.7 Å². The quantitative estimate of drug-likeness (QED) is 0.361. The van der Waals surface area contributed by atoms with Crippen LogP contribution in [0.4, 0.5) is 0 Å². The number of likely N-dealkylation sites (tertiary alicyclic amines) is 1. The molecule has 0 bridgehead atoms. The van der Waals surface area contributed by atoms with Gasteiger partial charge in [0.25, 0.3) is 5.91 Å². The lowest BCUT2D eigenvalue weighted by Gasteiger charge is -2.39. The van der Waals surface area contributed by atoms with E-state index in [4.69, 9.17) is 4.74 Å². The van der Waals surface area contributed by atoms with E-state index < -0.39 is 20.5 Å². The molecule has 1 aliphatic heterocycles. The Bertz CT molecular complexity index is 1060. The fraction of sp³-hybridized carbons (Fsp3) is 0.348. The molecule has 32 heavy (non-hydrogen) atoms. The number of benzene rings is 2. The van der Waals surface area contributed by atoms with Crippen LogP contribution in [0, 0.1) is 11.8 Å². The number of hydroxylamine groups is 1. The van der Waals surface area contributed by atoms with Crippen LogP contribution in [0.1, 0.15) is 25.3 Å². The van der Waals surface area contributed by atoms with Crippen molar-refractivity contribution in [1.82, 2.24) is 10.4 Å². The molecule has 0 radical (unpaired) electrons. The van der Waals surface area contributed by atoms with E-state index in [0.29, 0.717) is 25.4 Å². The zero-order chi connectivity index (χ0) is 22.3. The number of nitrogens with zero attached hydrogens (tertiary/aromatic N) is 1. The van der Waals surface area contributed by atoms with Gasteiger partial charge in [-0.3, -0.25) is 14.9 Å². The first kappa shape index (κ1) is 25.7. The number of carbonyl (C=O) groups excluding carboxylic acids is 1. The second-order valence-electron chi connectivity index (χ2n) is 7.39. The number of piperidine rings is 1. The van der Waals surface area contributed by atoms with E-state index in [1.165, 1.54) is 12.1 Å². The van der Waals surface area contributed by atoms with Crippen LogP contribution in [0.5, 0.6) is 5.75 Å². The van der Waals surface area contributed by atoms with Gasteiger partial charge in [-0.2, -0.15) is 0 Å². The highest BCUT2D eigenvalue weighted by Crippen LogP contribution is 2.36. The third-order valence-electron chi connectivity index (χ3n) is 5.56. The van der Waals surface area contributed by atoms with Gasteiger partial charge in [0.15, 0.2) is 14.6 Å². The molecule has 0 aromatic heterocycles. The number of ether oxygens (including phenoxy) is 1. The van der Waals surface area contributed by atoms with Gasteiger partial charge in [-0.15, -0.1) is 18.3 Å². The minimum absolute atomic E-state index is 0. The van der Waals surface area contributed by atoms with Gasteiger partial charge in [0.05, 0.1) is 4.90 Å². The lowest BCUT2D eigenvalue weighted by Crippen LogP contribution is -2.57. The van der Waals surface area contributed by atoms with Crippen LogP contribution in [0.15, 0.2) is 59.5 Å². The molecule has 2 aromatic carbocycles. The molecule has 0 unspecified atom stereocenters. The van der Waals surface area contributed by atoms with Crippen LogP contribution in [-0.4, -0.2) is 48.9 Å². The van der Waals surface area contributed by atoms with Gasteiger partial charge < -0.3 is 4.74 Å². The van der Waals surface area contributed by atoms with E-state index in [0.717, 1.165) is 5.56 Å². The molecule has 1 amide bonds. The number of amides is 1. The molecule has 1 heterocycles. The molecular weight excluding hydrogens is 452 g/mol. The van der Waals surface area contributed by atoms with Gasteiger partial charge in [0.2, 0.25) is 0 Å². The van der Waals surface area contributed by atoms with Crippen LogP contribution in [0.2, 0.25) is 0 Å². The van der Waals surface area contributed by atoms with Crippen molar-refractivity contribution < 1.29 is 23.2 Å². The normalized spacial score (nSPS) is 15.6. The molecule has 0 spiro atoms. The molecule has 3 rings (SSSR count). The minimum Gasteiger partial charge on any atom is -0.481 e. The van der Waals surface area contributed by atoms with Gasteiger partial charge in [-0.25, -0.2) is 13.9 Å². The average Bonchev–Trinajstić information content (AvgIpc) is 2.80. The summed E-state index contributed by atoms with van der Waals surface area (Å²) in [7, 11) is -4.06. The summed E-state index contributed by atoms with van der Waals surface area (Å²) in [6.07, 6.45) is 0.164. The molecular formula is C23H27ClN2O5S. The Labute approximate surface area is 195 Å². The van der Waals surface area contributed by atoms with Crippen LogP contribution >= 0.6 is 12.4 Å². The molecule has 1 aliphatic rings. The molecule has 0 saturated carbocycles. The average molecular weight is 479 g/mol. The van der Waals surface area contributed by atoms with Crippen LogP contribution in [0.25, 0.3) is 0 Å². The summed E-state index contributed by atoms with van der Waals surface area (Å²) >= 11 is 0. The Balaban J connectivity index is 0.00000363. The standard InChI is InChI=1S/C23H26N2O5S.ClH/c1-2-3-17-30-20-9-11-21(12-10-20)31(28,29)23(22(26)24-27)13-15-25(16-14-23)18-19-7-5-4-6-8-19;/h4-12,27H,13-18H2,1H3,(H,24,26);1H. The number of hydrogen-bond donors (Lipinski definition) is 2. The molecule has 1 fully saturated rings. The lowest BCUT2D eigenvalue weighted by atomic mass is 9.94. The van der Waals surface area contributed by atoms with Gasteiger partial charge in [-0.1, -0.05) is 36.3 Å². The molecule has 2 N–H and O–H groups in total. The SMILES string of the molecule is CC#CCOc1ccc(S(=O)(=O)C2(C(=O)NO)CCN(Cc3ccccc3)CC2)cc1.Cl. The van der Waals surface area contributed by atoms with E-state index in [1.54, 1.807) is 24.5 Å². The van der Waals surface area contributed by atoms with Gasteiger partial charge >= 0.3 is 0 Å². The second-order valence-corrected chi connectivity index (χ2v) is 9.65. The fourth-order valence-electron chi connectivity index (χ4n) is 3.77. The maximum Gasteiger partial charge on any atom is 0.265 e. The molecule has 2 aromatic rings. The molecule has 172 valence electrons. The van der Waals surface area contributed by atoms with Crippen molar-refractivity contribution >= 4 is 28.2 Å². The van der Waals surface area contributed by atoms with Crippen molar-refractivity contribution in [3.8, 4) is 17.6 Å². The second kappa shape index (κ2) is 11.3. The van der Waals surface area contributed by atoms with E-state index in [9.17, 15) is 18.4 Å². The van der Waals surface area contributed by atoms with Crippen molar-refractivity contribution in [2.45, 2.75) is 36.0 Å². The molecule has 9 heteroatoms. The third kappa shape index (κ3) is 5.43. The number of halogens is 1. The van der Waals surface area contributed by atoms with Crippen molar-refractivity contribution in [3.63, 3.8) is 0 Å². The highest BCUT2D eigenvalue weighted by Gasteiger charge is 2.52. The van der Waals surface area contributed by atoms with Gasteiger partial charge in [0.1, 0.15) is 12.4 Å². The van der Waals surface area contributed by atoms with E-state index in [1.807, 2.05) is 30.3 Å². The van der Waals surface area contributed by atoms with E-state index in [-0.39, 0.29) is 36.8 Å². The summed E-state index contributed by atoms with van der Waals surface area (Å²) in [5, 5.41) is 9.32. The van der Waals surface area contributed by atoms with Crippen molar-refractivity contribution in [2.24, 2.45) is 0 Å². The molecule has 0 atom stereocenters. The highest BCUT2D eigenvalue weighted by atomic mass is 35.5. The molecule has 1 saturated heterocycles. The van der Waals surface area contributed by atoms with Crippen LogP contribution < -0.4 is 10.2 Å². The monoisotopic (exact) mass is 478 g/mol. The van der Waals surface area contributed by atoms with Gasteiger partial charge in [-0.05, 0) is 49.6 Å². The molecule has 7 nitrogen and oxygen atoms in total. The number of hydrogen-bond acceptors (Lipinski definition) is 6. The number of rotatable bonds is 7. The minimum atomic E-state index is -4.06. The Morgan fingerprint density at radius 1 is 1.12 bits per heavy atom. The maximum atomic E-state index is 13.5. The third-order valence-corrected chi connectivity index (χ3v) is 8.08. The first-order valence-electron chi connectivity index (χ1n) is 10.0. The first-order chi connectivity index (χ1) is 14.9. The fourth-order valence-corrected chi connectivity index (χ4v) is 5.72. The Morgan fingerprint density at radius 2 is 1.75 bits per heavy atom. The first-order valence-corrected chi connectivity index (χ1v) is 11.5. The number of sulfone groups is 1. The topological polar surface area (TPSA) is 95.9 Å². The van der Waals surface area contributed by atoms with Crippen molar-refractivity contribution in [3.05, 3.63) is 60.2 Å². The lowest BCUT2D eigenvalue weighted by molar-refractivity contribution is -0.133. The zero-order valence-corrected chi connectivity index (χ0v) is 19.4. The Hall–Kier alpha value is -2.57. The predicted molar refractivity (Wildman–Crippen MR) is 123 cm³/mol. The summed E-state index contributed by atoms with van der Waals surface area (Å²) in [6, 6.07) is 15.8.